The number of benzene rings is 2. The van der Waals surface area contributed by atoms with E-state index in [-0.39, 0.29) is 30.8 Å². The molecule has 200 valence electrons. The van der Waals surface area contributed by atoms with Gasteiger partial charge in [-0.2, -0.15) is 13.2 Å². The Hall–Kier alpha value is -3.61. The topological polar surface area (TPSA) is 115 Å². The van der Waals surface area contributed by atoms with Crippen LogP contribution in [0, 0.1) is 0 Å². The zero-order valence-corrected chi connectivity index (χ0v) is 21.2. The highest BCUT2D eigenvalue weighted by Gasteiger charge is 2.37. The number of halogens is 4. The number of hydrazine groups is 1. The Labute approximate surface area is 221 Å². The minimum Gasteiger partial charge on any atom is -0.486 e. The van der Waals surface area contributed by atoms with E-state index in [9.17, 15) is 26.4 Å². The largest absolute Gasteiger partial charge is 0.486 e. The van der Waals surface area contributed by atoms with Crippen molar-refractivity contribution in [2.75, 3.05) is 10.8 Å². The molecule has 0 saturated heterocycles. The minimum atomic E-state index is -4.72. The van der Waals surface area contributed by atoms with Crippen LogP contribution in [0.2, 0.25) is 5.02 Å². The highest BCUT2D eigenvalue weighted by Crippen LogP contribution is 2.40. The molecule has 2 aromatic carbocycles. The first-order valence-electron chi connectivity index (χ1n) is 11.3. The molecule has 0 spiro atoms. The first kappa shape index (κ1) is 27.4. The van der Waals surface area contributed by atoms with Gasteiger partial charge in [-0.25, -0.2) is 14.3 Å². The van der Waals surface area contributed by atoms with E-state index in [1.807, 2.05) is 5.43 Å². The minimum absolute atomic E-state index is 0.0421. The number of anilines is 1. The van der Waals surface area contributed by atoms with E-state index in [1.165, 1.54) is 6.07 Å². The summed E-state index contributed by atoms with van der Waals surface area (Å²) in [6, 6.07) is 11.6. The van der Waals surface area contributed by atoms with Crippen molar-refractivity contribution in [3.63, 3.8) is 0 Å². The molecule has 1 aliphatic heterocycles. The standard InChI is InChI=1S/C25H22ClF3N4O4S/c26-20-5-2-12-31-21(20)9-6-16-7-10-23-22(13-16)33(15-18(37-23)8-11-24(34)32-30)38(35,36)19-4-1-3-17(14-19)25(27,28)29/h1-7,9-10,12-14,18H,8,11,15,30H2,(H,32,34). The lowest BCUT2D eigenvalue weighted by molar-refractivity contribution is -0.137. The summed E-state index contributed by atoms with van der Waals surface area (Å²) < 4.78 is 74.2. The van der Waals surface area contributed by atoms with Crippen LogP contribution in [0.4, 0.5) is 18.9 Å². The van der Waals surface area contributed by atoms with Crippen molar-refractivity contribution in [2.45, 2.75) is 30.0 Å². The number of nitrogens with zero attached hydrogens (tertiary/aromatic N) is 2. The van der Waals surface area contributed by atoms with Crippen LogP contribution in [0.15, 0.2) is 65.7 Å². The van der Waals surface area contributed by atoms with Gasteiger partial charge in [-0.1, -0.05) is 29.8 Å². The van der Waals surface area contributed by atoms with Gasteiger partial charge in [-0.05, 0) is 60.5 Å². The van der Waals surface area contributed by atoms with Crippen molar-refractivity contribution in [3.05, 3.63) is 82.6 Å². The van der Waals surface area contributed by atoms with Crippen molar-refractivity contribution in [1.29, 1.82) is 0 Å². The number of nitrogens with one attached hydrogen (secondary N) is 1. The van der Waals surface area contributed by atoms with Crippen LogP contribution in [-0.2, 0) is 21.0 Å². The van der Waals surface area contributed by atoms with E-state index in [2.05, 4.69) is 4.98 Å². The first-order valence-corrected chi connectivity index (χ1v) is 13.1. The Balaban J connectivity index is 1.74. The Morgan fingerprint density at radius 1 is 1.18 bits per heavy atom. The van der Waals surface area contributed by atoms with Crippen molar-refractivity contribution in [3.8, 4) is 5.75 Å². The van der Waals surface area contributed by atoms with Gasteiger partial charge in [0.15, 0.2) is 0 Å². The number of aromatic nitrogens is 1. The fraction of sp³-hybridized carbons (Fsp3) is 0.200. The molecule has 1 unspecified atom stereocenters. The Bertz CT molecular complexity index is 1480. The molecular formula is C25H22ClF3N4O4S. The summed E-state index contributed by atoms with van der Waals surface area (Å²) in [6.45, 7) is -0.233. The fourth-order valence-electron chi connectivity index (χ4n) is 3.83. The number of hydrogen-bond donors (Lipinski definition) is 2. The summed E-state index contributed by atoms with van der Waals surface area (Å²) in [4.78, 5) is 15.3. The van der Waals surface area contributed by atoms with Gasteiger partial charge in [0, 0.05) is 12.6 Å². The summed E-state index contributed by atoms with van der Waals surface area (Å²) in [7, 11) is -4.46. The SMILES string of the molecule is NNC(=O)CCC1CN(S(=O)(=O)c2cccc(C(F)(F)F)c2)c2cc(C=Cc3ncccc3Cl)ccc2O1. The van der Waals surface area contributed by atoms with E-state index in [4.69, 9.17) is 22.2 Å². The lowest BCUT2D eigenvalue weighted by Crippen LogP contribution is -2.44. The van der Waals surface area contributed by atoms with Gasteiger partial charge in [0.05, 0.1) is 33.4 Å². The summed E-state index contributed by atoms with van der Waals surface area (Å²) in [5.74, 6) is 4.85. The van der Waals surface area contributed by atoms with Gasteiger partial charge >= 0.3 is 6.18 Å². The number of pyridine rings is 1. The number of carbonyl (C=O) groups excluding carboxylic acids is 1. The number of alkyl halides is 3. The normalized spacial score (nSPS) is 15.7. The van der Waals surface area contributed by atoms with Gasteiger partial charge in [0.2, 0.25) is 5.91 Å². The van der Waals surface area contributed by atoms with Crippen LogP contribution in [0.3, 0.4) is 0 Å². The van der Waals surface area contributed by atoms with E-state index in [0.29, 0.717) is 22.3 Å². The van der Waals surface area contributed by atoms with E-state index in [0.717, 1.165) is 22.5 Å². The molecule has 13 heteroatoms. The van der Waals surface area contributed by atoms with Crippen molar-refractivity contribution < 1.29 is 31.1 Å². The monoisotopic (exact) mass is 566 g/mol. The molecule has 1 amide bonds. The molecule has 3 N–H and O–H groups in total. The second kappa shape index (κ2) is 11.0. The fourth-order valence-corrected chi connectivity index (χ4v) is 5.56. The second-order valence-corrected chi connectivity index (χ2v) is 10.6. The quantitative estimate of drug-likeness (QED) is 0.244. The predicted octanol–water partition coefficient (Wildman–Crippen LogP) is 4.65. The average molecular weight is 567 g/mol. The van der Waals surface area contributed by atoms with Crippen molar-refractivity contribution >= 4 is 45.4 Å². The number of rotatable bonds is 7. The van der Waals surface area contributed by atoms with E-state index >= 15 is 0 Å². The van der Waals surface area contributed by atoms with Crippen LogP contribution in [0.5, 0.6) is 5.75 Å². The molecule has 1 aliphatic rings. The maximum atomic E-state index is 13.7. The van der Waals surface area contributed by atoms with Gasteiger partial charge in [0.1, 0.15) is 11.9 Å². The Kier molecular flexibility index (Phi) is 7.95. The molecule has 4 rings (SSSR count). The zero-order valence-electron chi connectivity index (χ0n) is 19.7. The molecule has 0 bridgehead atoms. The van der Waals surface area contributed by atoms with E-state index < -0.39 is 38.7 Å². The average Bonchev–Trinajstić information content (AvgIpc) is 2.90. The maximum Gasteiger partial charge on any atom is 0.416 e. The van der Waals surface area contributed by atoms with Crippen LogP contribution < -0.4 is 20.3 Å². The molecule has 0 fully saturated rings. The second-order valence-electron chi connectivity index (χ2n) is 8.34. The summed E-state index contributed by atoms with van der Waals surface area (Å²) in [5.41, 5.74) is 2.10. The number of amides is 1. The smallest absolute Gasteiger partial charge is 0.416 e. The van der Waals surface area contributed by atoms with Crippen molar-refractivity contribution in [2.24, 2.45) is 5.84 Å². The van der Waals surface area contributed by atoms with Crippen molar-refractivity contribution in [1.82, 2.24) is 10.4 Å². The zero-order chi connectivity index (χ0) is 27.5. The summed E-state index contributed by atoms with van der Waals surface area (Å²) in [5, 5.41) is 0.420. The molecular weight excluding hydrogens is 545 g/mol. The van der Waals surface area contributed by atoms with Crippen LogP contribution in [0.1, 0.15) is 29.7 Å². The molecule has 0 radical (unpaired) electrons. The maximum absolute atomic E-state index is 13.7. The molecule has 3 aromatic rings. The van der Waals surface area contributed by atoms with Crippen LogP contribution in [0.25, 0.3) is 12.2 Å². The third-order valence-corrected chi connectivity index (χ3v) is 7.83. The molecule has 2 heterocycles. The Morgan fingerprint density at radius 3 is 2.68 bits per heavy atom. The molecule has 1 aromatic heterocycles. The lowest BCUT2D eigenvalue weighted by atomic mass is 10.1. The third-order valence-electron chi connectivity index (χ3n) is 5.74. The summed E-state index contributed by atoms with van der Waals surface area (Å²) >= 11 is 6.14. The number of sulfonamides is 1. The first-order chi connectivity index (χ1) is 18.0. The number of hydrogen-bond acceptors (Lipinski definition) is 6. The molecule has 1 atom stereocenters. The highest BCUT2D eigenvalue weighted by atomic mass is 35.5. The molecule has 8 nitrogen and oxygen atoms in total. The number of ether oxygens (including phenoxy) is 1. The predicted molar refractivity (Wildman–Crippen MR) is 137 cm³/mol. The number of fused-ring (bicyclic) bond motifs is 1. The number of carbonyl (C=O) groups is 1. The van der Waals surface area contributed by atoms with E-state index in [1.54, 1.807) is 42.6 Å². The van der Waals surface area contributed by atoms with Gasteiger partial charge in [-0.3, -0.25) is 19.5 Å². The summed E-state index contributed by atoms with van der Waals surface area (Å²) in [6.07, 6.45) is -0.516. The molecule has 38 heavy (non-hydrogen) atoms. The van der Waals surface area contributed by atoms with Crippen LogP contribution in [-0.4, -0.2) is 32.0 Å². The van der Waals surface area contributed by atoms with Gasteiger partial charge in [-0.15, -0.1) is 0 Å². The van der Waals surface area contributed by atoms with Gasteiger partial charge < -0.3 is 4.74 Å². The van der Waals surface area contributed by atoms with Gasteiger partial charge in [0.25, 0.3) is 10.0 Å². The number of nitrogens with two attached hydrogens (primary N) is 1. The molecule has 0 aliphatic carbocycles. The highest BCUT2D eigenvalue weighted by molar-refractivity contribution is 7.92. The molecule has 0 saturated carbocycles. The Morgan fingerprint density at radius 2 is 1.97 bits per heavy atom. The third kappa shape index (κ3) is 6.09. The lowest BCUT2D eigenvalue weighted by Gasteiger charge is -2.35. The van der Waals surface area contributed by atoms with Crippen LogP contribution >= 0.6 is 11.6 Å².